The molecule has 0 fully saturated rings. The van der Waals surface area contributed by atoms with Gasteiger partial charge in [-0.3, -0.25) is 4.98 Å². The highest BCUT2D eigenvalue weighted by atomic mass is 79.9. The van der Waals surface area contributed by atoms with Crippen LogP contribution in [0.15, 0.2) is 53.3 Å². The zero-order valence-corrected chi connectivity index (χ0v) is 11.6. The third-order valence-corrected chi connectivity index (χ3v) is 3.08. The van der Waals surface area contributed by atoms with Crippen LogP contribution in [0.5, 0.6) is 5.75 Å². The van der Waals surface area contributed by atoms with Gasteiger partial charge in [-0.25, -0.2) is 0 Å². The van der Waals surface area contributed by atoms with E-state index in [9.17, 15) is 0 Å². The van der Waals surface area contributed by atoms with Crippen LogP contribution in [-0.2, 0) is 6.54 Å². The van der Waals surface area contributed by atoms with Crippen LogP contribution in [0.3, 0.4) is 0 Å². The van der Waals surface area contributed by atoms with Crippen LogP contribution in [0, 0.1) is 0 Å². The second kappa shape index (κ2) is 7.13. The van der Waals surface area contributed by atoms with Crippen molar-refractivity contribution >= 4 is 15.9 Å². The lowest BCUT2D eigenvalue weighted by molar-refractivity contribution is 0.312. The highest BCUT2D eigenvalue weighted by Crippen LogP contribution is 2.23. The molecule has 1 heterocycles. The van der Waals surface area contributed by atoms with Gasteiger partial charge in [0.2, 0.25) is 0 Å². The highest BCUT2D eigenvalue weighted by molar-refractivity contribution is 9.10. The van der Waals surface area contributed by atoms with Gasteiger partial charge < -0.3 is 10.1 Å². The first-order chi connectivity index (χ1) is 8.86. The van der Waals surface area contributed by atoms with Gasteiger partial charge in [-0.1, -0.05) is 18.2 Å². The minimum absolute atomic E-state index is 0.642. The fourth-order valence-corrected chi connectivity index (χ4v) is 1.93. The van der Waals surface area contributed by atoms with Gasteiger partial charge in [0, 0.05) is 25.5 Å². The molecule has 2 rings (SSSR count). The summed E-state index contributed by atoms with van der Waals surface area (Å²) in [6.45, 7) is 2.26. The van der Waals surface area contributed by atoms with Crippen LogP contribution in [0.1, 0.15) is 5.56 Å². The number of nitrogens with one attached hydrogen (secondary N) is 1. The summed E-state index contributed by atoms with van der Waals surface area (Å²) in [5.74, 6) is 0.876. The number of halogens is 1. The molecule has 0 atom stereocenters. The predicted molar refractivity (Wildman–Crippen MR) is 75.6 cm³/mol. The van der Waals surface area contributed by atoms with E-state index in [0.717, 1.165) is 23.3 Å². The van der Waals surface area contributed by atoms with Crippen molar-refractivity contribution in [2.24, 2.45) is 0 Å². The number of aromatic nitrogens is 1. The topological polar surface area (TPSA) is 34.1 Å². The molecule has 1 aromatic carbocycles. The summed E-state index contributed by atoms with van der Waals surface area (Å²) in [6, 6.07) is 11.8. The first kappa shape index (κ1) is 13.1. The van der Waals surface area contributed by atoms with E-state index in [1.165, 1.54) is 5.56 Å². The number of hydrogen-bond acceptors (Lipinski definition) is 3. The summed E-state index contributed by atoms with van der Waals surface area (Å²) in [6.07, 6.45) is 3.64. The molecule has 0 bridgehead atoms. The minimum Gasteiger partial charge on any atom is -0.491 e. The molecule has 0 aliphatic rings. The fraction of sp³-hybridized carbons (Fsp3) is 0.214. The summed E-state index contributed by atoms with van der Waals surface area (Å²) in [4.78, 5) is 4.07. The molecule has 0 unspecified atom stereocenters. The zero-order chi connectivity index (χ0) is 12.6. The van der Waals surface area contributed by atoms with Crippen molar-refractivity contribution in [1.82, 2.24) is 10.3 Å². The second-order valence-corrected chi connectivity index (χ2v) is 4.67. The van der Waals surface area contributed by atoms with E-state index >= 15 is 0 Å². The van der Waals surface area contributed by atoms with Gasteiger partial charge >= 0.3 is 0 Å². The Balaban J connectivity index is 1.66. The molecule has 3 nitrogen and oxygen atoms in total. The van der Waals surface area contributed by atoms with Gasteiger partial charge in [0.15, 0.2) is 0 Å². The Morgan fingerprint density at radius 1 is 1.17 bits per heavy atom. The molecule has 0 radical (unpaired) electrons. The van der Waals surface area contributed by atoms with E-state index in [2.05, 4.69) is 32.3 Å². The maximum atomic E-state index is 5.65. The lowest BCUT2D eigenvalue weighted by atomic mass is 10.3. The van der Waals surface area contributed by atoms with Crippen LogP contribution >= 0.6 is 15.9 Å². The maximum absolute atomic E-state index is 5.65. The van der Waals surface area contributed by atoms with E-state index < -0.39 is 0 Å². The van der Waals surface area contributed by atoms with Crippen molar-refractivity contribution in [3.63, 3.8) is 0 Å². The van der Waals surface area contributed by atoms with Crippen molar-refractivity contribution in [2.45, 2.75) is 6.54 Å². The smallest absolute Gasteiger partial charge is 0.133 e. The number of hydrogen-bond donors (Lipinski definition) is 1. The third-order valence-electron chi connectivity index (χ3n) is 2.42. The van der Waals surface area contributed by atoms with Gasteiger partial charge in [-0.2, -0.15) is 0 Å². The van der Waals surface area contributed by atoms with Gasteiger partial charge in [0.05, 0.1) is 4.47 Å². The van der Waals surface area contributed by atoms with Crippen LogP contribution in [-0.4, -0.2) is 18.1 Å². The molecule has 94 valence electrons. The van der Waals surface area contributed by atoms with E-state index in [-0.39, 0.29) is 0 Å². The van der Waals surface area contributed by atoms with Crippen molar-refractivity contribution in [1.29, 1.82) is 0 Å². The molecule has 2 aromatic rings. The number of nitrogens with zero attached hydrogens (tertiary/aromatic N) is 1. The standard InChI is InChI=1S/C14H15BrN2O/c15-13-5-1-2-6-14(13)18-9-8-17-11-12-4-3-7-16-10-12/h1-7,10,17H,8-9,11H2. The van der Waals surface area contributed by atoms with E-state index in [1.54, 1.807) is 6.20 Å². The Morgan fingerprint density at radius 3 is 2.83 bits per heavy atom. The van der Waals surface area contributed by atoms with Crippen LogP contribution in [0.2, 0.25) is 0 Å². The monoisotopic (exact) mass is 306 g/mol. The molecular weight excluding hydrogens is 292 g/mol. The summed E-state index contributed by atoms with van der Waals surface area (Å²) in [7, 11) is 0. The average molecular weight is 307 g/mol. The molecule has 1 aromatic heterocycles. The molecule has 0 aliphatic heterocycles. The number of ether oxygens (including phenoxy) is 1. The van der Waals surface area contributed by atoms with Crippen molar-refractivity contribution < 1.29 is 4.74 Å². The molecule has 18 heavy (non-hydrogen) atoms. The lowest BCUT2D eigenvalue weighted by Gasteiger charge is -2.08. The molecular formula is C14H15BrN2O. The minimum atomic E-state index is 0.642. The molecule has 0 spiro atoms. The lowest BCUT2D eigenvalue weighted by Crippen LogP contribution is -2.20. The Hall–Kier alpha value is -1.39. The van der Waals surface area contributed by atoms with Gasteiger partial charge in [-0.15, -0.1) is 0 Å². The van der Waals surface area contributed by atoms with E-state index in [0.29, 0.717) is 6.61 Å². The normalized spacial score (nSPS) is 10.3. The molecule has 0 amide bonds. The Bertz CT molecular complexity index is 476. The number of para-hydroxylation sites is 1. The Labute approximate surface area is 115 Å². The van der Waals surface area contributed by atoms with Crippen molar-refractivity contribution in [3.05, 3.63) is 58.8 Å². The Morgan fingerprint density at radius 2 is 2.06 bits per heavy atom. The molecule has 0 aliphatic carbocycles. The Kier molecular flexibility index (Phi) is 5.17. The number of rotatable bonds is 6. The number of pyridine rings is 1. The van der Waals surface area contributed by atoms with Crippen LogP contribution < -0.4 is 10.1 Å². The second-order valence-electron chi connectivity index (χ2n) is 3.82. The fourth-order valence-electron chi connectivity index (χ4n) is 1.53. The number of benzene rings is 1. The van der Waals surface area contributed by atoms with E-state index in [4.69, 9.17) is 4.74 Å². The van der Waals surface area contributed by atoms with Crippen LogP contribution in [0.25, 0.3) is 0 Å². The largest absolute Gasteiger partial charge is 0.491 e. The van der Waals surface area contributed by atoms with Crippen LogP contribution in [0.4, 0.5) is 0 Å². The summed E-state index contributed by atoms with van der Waals surface area (Å²) in [5, 5.41) is 3.31. The zero-order valence-electron chi connectivity index (χ0n) is 9.97. The summed E-state index contributed by atoms with van der Waals surface area (Å²) >= 11 is 3.45. The third kappa shape index (κ3) is 4.13. The van der Waals surface area contributed by atoms with Gasteiger partial charge in [-0.05, 0) is 39.7 Å². The summed E-state index contributed by atoms with van der Waals surface area (Å²) < 4.78 is 6.63. The molecule has 0 saturated carbocycles. The van der Waals surface area contributed by atoms with Gasteiger partial charge in [0.25, 0.3) is 0 Å². The van der Waals surface area contributed by atoms with Crippen molar-refractivity contribution in [3.8, 4) is 5.75 Å². The summed E-state index contributed by atoms with van der Waals surface area (Å²) in [5.41, 5.74) is 1.18. The first-order valence-corrected chi connectivity index (χ1v) is 6.62. The van der Waals surface area contributed by atoms with Gasteiger partial charge in [0.1, 0.15) is 12.4 Å². The van der Waals surface area contributed by atoms with E-state index in [1.807, 2.05) is 36.5 Å². The molecule has 0 saturated heterocycles. The molecule has 1 N–H and O–H groups in total. The quantitative estimate of drug-likeness (QED) is 0.833. The first-order valence-electron chi connectivity index (χ1n) is 5.83. The maximum Gasteiger partial charge on any atom is 0.133 e. The van der Waals surface area contributed by atoms with Crippen molar-refractivity contribution in [2.75, 3.05) is 13.2 Å². The predicted octanol–water partition coefficient (Wildman–Crippen LogP) is 3.01. The highest BCUT2D eigenvalue weighted by Gasteiger charge is 1.98. The molecule has 4 heteroatoms. The average Bonchev–Trinajstić information content (AvgIpc) is 2.42. The SMILES string of the molecule is Brc1ccccc1OCCNCc1cccnc1.